The number of halogens is 1. The molecule has 1 saturated heterocycles. The fourth-order valence-electron chi connectivity index (χ4n) is 5.65. The van der Waals surface area contributed by atoms with E-state index >= 15 is 0 Å². The summed E-state index contributed by atoms with van der Waals surface area (Å²) in [6, 6.07) is 19.8. The fraction of sp³-hybridized carbons (Fsp3) is 0.500. The Morgan fingerprint density at radius 1 is 1.03 bits per heavy atom. The van der Waals surface area contributed by atoms with Gasteiger partial charge in [-0.3, -0.25) is 9.59 Å². The summed E-state index contributed by atoms with van der Waals surface area (Å²) in [6.07, 6.45) is 6.34. The van der Waals surface area contributed by atoms with Gasteiger partial charge in [-0.15, -0.1) is 0 Å². The van der Waals surface area contributed by atoms with Crippen LogP contribution in [0.1, 0.15) is 62.5 Å². The van der Waals surface area contributed by atoms with Gasteiger partial charge in [0.25, 0.3) is 0 Å². The Labute approximate surface area is 219 Å². The number of hydrogen-bond acceptors (Lipinski definition) is 4. The molecule has 2 N–H and O–H groups in total. The Hall–Kier alpha value is -3.24. The average molecular weight is 505 g/mol. The minimum Gasteiger partial charge on any atom is -0.326 e. The molecule has 1 aliphatic carbocycles. The first-order valence-corrected chi connectivity index (χ1v) is 13.5. The molecule has 2 fully saturated rings. The van der Waals surface area contributed by atoms with Crippen molar-refractivity contribution in [3.8, 4) is 6.07 Å². The van der Waals surface area contributed by atoms with E-state index in [0.29, 0.717) is 6.54 Å². The molecule has 196 valence electrons. The van der Waals surface area contributed by atoms with Gasteiger partial charge in [-0.1, -0.05) is 61.7 Å². The molecule has 6 nitrogen and oxygen atoms in total. The molecular formula is C30H37FN4O2. The standard InChI is InChI=1S/C30H37FN4O2/c31-25-19-27(20-32)35(22-25)28(36)21-33-17-7-16-30(14-5-2-6-15-30)29(37)34-26-12-10-24(11-13-26)18-23-8-3-1-4-9-23/h1,3-4,8-13,25,27,33H,2,5-7,14-19,21-22H2,(H,34,37). The molecule has 7 heteroatoms. The van der Waals surface area contributed by atoms with Gasteiger partial charge >= 0.3 is 0 Å². The number of amides is 2. The Balaban J connectivity index is 1.26. The molecule has 1 heterocycles. The summed E-state index contributed by atoms with van der Waals surface area (Å²) in [4.78, 5) is 27.2. The van der Waals surface area contributed by atoms with Gasteiger partial charge in [-0.25, -0.2) is 4.39 Å². The van der Waals surface area contributed by atoms with Crippen molar-refractivity contribution >= 4 is 17.5 Å². The van der Waals surface area contributed by atoms with Crippen LogP contribution in [0.4, 0.5) is 10.1 Å². The first kappa shape index (κ1) is 26.8. The predicted octanol–water partition coefficient (Wildman–Crippen LogP) is 5.00. The zero-order valence-corrected chi connectivity index (χ0v) is 21.4. The average Bonchev–Trinajstić information content (AvgIpc) is 3.31. The lowest BCUT2D eigenvalue weighted by Crippen LogP contribution is -2.41. The van der Waals surface area contributed by atoms with Gasteiger partial charge in [0.2, 0.25) is 11.8 Å². The highest BCUT2D eigenvalue weighted by molar-refractivity contribution is 5.95. The number of likely N-dealkylation sites (tertiary alicyclic amines) is 1. The van der Waals surface area contributed by atoms with E-state index in [1.807, 2.05) is 36.4 Å². The van der Waals surface area contributed by atoms with Crippen molar-refractivity contribution in [2.75, 3.05) is 25.0 Å². The summed E-state index contributed by atoms with van der Waals surface area (Å²) in [7, 11) is 0. The summed E-state index contributed by atoms with van der Waals surface area (Å²) in [5.41, 5.74) is 2.89. The number of carbonyl (C=O) groups excluding carboxylic acids is 2. The largest absolute Gasteiger partial charge is 0.326 e. The van der Waals surface area contributed by atoms with Crippen LogP contribution in [0.15, 0.2) is 54.6 Å². The molecule has 4 rings (SSSR count). The van der Waals surface area contributed by atoms with Crippen molar-refractivity contribution in [3.05, 3.63) is 65.7 Å². The molecule has 2 aromatic rings. The number of nitriles is 1. The number of rotatable bonds is 10. The topological polar surface area (TPSA) is 85.2 Å². The van der Waals surface area contributed by atoms with Gasteiger partial charge in [0.05, 0.1) is 19.2 Å². The van der Waals surface area contributed by atoms with Crippen molar-refractivity contribution in [2.45, 2.75) is 70.0 Å². The number of nitrogens with one attached hydrogen (secondary N) is 2. The van der Waals surface area contributed by atoms with Gasteiger partial charge in [0, 0.05) is 17.5 Å². The molecule has 1 aliphatic heterocycles. The number of carbonyl (C=O) groups is 2. The van der Waals surface area contributed by atoms with Gasteiger partial charge in [-0.05, 0) is 61.9 Å². The second-order valence-electron chi connectivity index (χ2n) is 10.5. The molecule has 0 radical (unpaired) electrons. The van der Waals surface area contributed by atoms with Crippen molar-refractivity contribution in [1.82, 2.24) is 10.2 Å². The molecule has 0 bridgehead atoms. The molecular weight excluding hydrogens is 467 g/mol. The van der Waals surface area contributed by atoms with E-state index in [-0.39, 0.29) is 31.3 Å². The van der Waals surface area contributed by atoms with Crippen LogP contribution in [0.2, 0.25) is 0 Å². The first-order valence-electron chi connectivity index (χ1n) is 13.5. The summed E-state index contributed by atoms with van der Waals surface area (Å²) >= 11 is 0. The lowest BCUT2D eigenvalue weighted by Gasteiger charge is -2.36. The molecule has 1 saturated carbocycles. The molecule has 2 aromatic carbocycles. The van der Waals surface area contributed by atoms with Crippen molar-refractivity contribution in [1.29, 1.82) is 5.26 Å². The molecule has 2 aliphatic rings. The lowest BCUT2D eigenvalue weighted by molar-refractivity contribution is -0.130. The number of nitrogens with zero attached hydrogens (tertiary/aromatic N) is 2. The van der Waals surface area contributed by atoms with E-state index < -0.39 is 17.6 Å². The van der Waals surface area contributed by atoms with Crippen LogP contribution in [0.3, 0.4) is 0 Å². The number of alkyl halides is 1. The van der Waals surface area contributed by atoms with E-state index in [0.717, 1.165) is 57.1 Å². The molecule has 0 aromatic heterocycles. The number of anilines is 1. The zero-order chi connectivity index (χ0) is 26.1. The van der Waals surface area contributed by atoms with E-state index in [9.17, 15) is 14.0 Å². The second-order valence-corrected chi connectivity index (χ2v) is 10.5. The highest BCUT2D eigenvalue weighted by Crippen LogP contribution is 2.41. The minimum atomic E-state index is -1.13. The highest BCUT2D eigenvalue weighted by atomic mass is 19.1. The lowest BCUT2D eigenvalue weighted by atomic mass is 9.70. The summed E-state index contributed by atoms with van der Waals surface area (Å²) < 4.78 is 13.6. The molecule has 0 spiro atoms. The maximum Gasteiger partial charge on any atom is 0.237 e. The third-order valence-corrected chi connectivity index (χ3v) is 7.76. The van der Waals surface area contributed by atoms with Crippen LogP contribution in [0, 0.1) is 16.7 Å². The van der Waals surface area contributed by atoms with E-state index in [4.69, 9.17) is 5.26 Å². The Bertz CT molecular complexity index is 1080. The van der Waals surface area contributed by atoms with Crippen molar-refractivity contribution in [3.63, 3.8) is 0 Å². The smallest absolute Gasteiger partial charge is 0.237 e. The molecule has 37 heavy (non-hydrogen) atoms. The zero-order valence-electron chi connectivity index (χ0n) is 21.4. The van der Waals surface area contributed by atoms with Crippen molar-refractivity contribution in [2.24, 2.45) is 5.41 Å². The van der Waals surface area contributed by atoms with E-state index in [1.165, 1.54) is 16.0 Å². The Kier molecular flexibility index (Phi) is 9.29. The summed E-state index contributed by atoms with van der Waals surface area (Å²) in [5, 5.41) is 15.5. The van der Waals surface area contributed by atoms with Crippen LogP contribution >= 0.6 is 0 Å². The summed E-state index contributed by atoms with van der Waals surface area (Å²) in [6.45, 7) is 0.674. The quantitative estimate of drug-likeness (QED) is 0.446. The fourth-order valence-corrected chi connectivity index (χ4v) is 5.65. The summed E-state index contributed by atoms with van der Waals surface area (Å²) in [5.74, 6) is -0.158. The maximum atomic E-state index is 13.6. The highest BCUT2D eigenvalue weighted by Gasteiger charge is 2.39. The molecule has 2 atom stereocenters. The number of benzene rings is 2. The second kappa shape index (κ2) is 12.8. The van der Waals surface area contributed by atoms with Crippen LogP contribution < -0.4 is 10.6 Å². The van der Waals surface area contributed by atoms with Crippen LogP contribution in [0.5, 0.6) is 0 Å². The molecule has 2 unspecified atom stereocenters. The van der Waals surface area contributed by atoms with Crippen LogP contribution in [-0.4, -0.2) is 48.6 Å². The maximum absolute atomic E-state index is 13.6. The predicted molar refractivity (Wildman–Crippen MR) is 143 cm³/mol. The Morgan fingerprint density at radius 3 is 2.43 bits per heavy atom. The van der Waals surface area contributed by atoms with Gasteiger partial charge in [-0.2, -0.15) is 5.26 Å². The first-order chi connectivity index (χ1) is 18.0. The minimum absolute atomic E-state index is 0.00471. The number of hydrogen-bond donors (Lipinski definition) is 2. The van der Waals surface area contributed by atoms with Crippen LogP contribution in [-0.2, 0) is 16.0 Å². The third kappa shape index (κ3) is 7.17. The Morgan fingerprint density at radius 2 is 1.73 bits per heavy atom. The van der Waals surface area contributed by atoms with Gasteiger partial charge < -0.3 is 15.5 Å². The molecule has 2 amide bonds. The van der Waals surface area contributed by atoms with Crippen LogP contribution in [0.25, 0.3) is 0 Å². The van der Waals surface area contributed by atoms with E-state index in [2.05, 4.69) is 34.9 Å². The monoisotopic (exact) mass is 504 g/mol. The van der Waals surface area contributed by atoms with Gasteiger partial charge in [0.1, 0.15) is 12.2 Å². The third-order valence-electron chi connectivity index (χ3n) is 7.76. The van der Waals surface area contributed by atoms with E-state index in [1.54, 1.807) is 0 Å². The van der Waals surface area contributed by atoms with Gasteiger partial charge in [0.15, 0.2) is 0 Å². The van der Waals surface area contributed by atoms with Crippen molar-refractivity contribution < 1.29 is 14.0 Å². The normalized spacial score (nSPS) is 20.8. The SMILES string of the molecule is N#CC1CC(F)CN1C(=O)CNCCCC1(C(=O)Nc2ccc(Cc3ccccc3)cc2)CCCCC1.